The Balaban J connectivity index is 1.56. The third-order valence-corrected chi connectivity index (χ3v) is 4.25. The zero-order valence-corrected chi connectivity index (χ0v) is 14.3. The van der Waals surface area contributed by atoms with Gasteiger partial charge >= 0.3 is 0 Å². The Morgan fingerprint density at radius 1 is 0.960 bits per heavy atom. The van der Waals surface area contributed by atoms with Crippen LogP contribution in [-0.4, -0.2) is 47.1 Å². The van der Waals surface area contributed by atoms with E-state index >= 15 is 0 Å². The van der Waals surface area contributed by atoms with Crippen molar-refractivity contribution in [2.75, 3.05) is 25.5 Å². The van der Waals surface area contributed by atoms with Crippen LogP contribution in [0.5, 0.6) is 0 Å². The first-order valence-electron chi connectivity index (χ1n) is 8.19. The van der Waals surface area contributed by atoms with Crippen molar-refractivity contribution < 1.29 is 9.59 Å². The van der Waals surface area contributed by atoms with Crippen LogP contribution in [0.1, 0.15) is 33.6 Å². The zero-order valence-electron chi connectivity index (χ0n) is 14.3. The minimum Gasteiger partial charge on any atom is -0.376 e. The summed E-state index contributed by atoms with van der Waals surface area (Å²) in [6.07, 6.45) is 2.92. The lowest BCUT2D eigenvalue weighted by molar-refractivity contribution is 0.0651. The molecule has 7 heteroatoms. The van der Waals surface area contributed by atoms with Gasteiger partial charge in [0, 0.05) is 33.3 Å². The SMILES string of the molecule is CN(C)c1cnn(CCCCN2C(=O)c3ccccc3C2=O)c(=O)c1. The molecule has 0 radical (unpaired) electrons. The largest absolute Gasteiger partial charge is 0.376 e. The molecule has 2 amide bonds. The second-order valence-corrected chi connectivity index (χ2v) is 6.18. The predicted octanol–water partition coefficient (Wildman–Crippen LogP) is 1.39. The van der Waals surface area contributed by atoms with Gasteiger partial charge in [-0.05, 0) is 25.0 Å². The van der Waals surface area contributed by atoms with Crippen LogP contribution >= 0.6 is 0 Å². The zero-order chi connectivity index (χ0) is 18.0. The van der Waals surface area contributed by atoms with Crippen LogP contribution in [0.25, 0.3) is 0 Å². The lowest BCUT2D eigenvalue weighted by atomic mass is 10.1. The van der Waals surface area contributed by atoms with Gasteiger partial charge < -0.3 is 4.90 Å². The summed E-state index contributed by atoms with van der Waals surface area (Å²) in [4.78, 5) is 39.6. The second-order valence-electron chi connectivity index (χ2n) is 6.18. The van der Waals surface area contributed by atoms with Crippen LogP contribution in [0, 0.1) is 0 Å². The number of aryl methyl sites for hydroxylation is 1. The molecular weight excluding hydrogens is 320 g/mol. The van der Waals surface area contributed by atoms with Gasteiger partial charge in [0.25, 0.3) is 17.4 Å². The van der Waals surface area contributed by atoms with E-state index in [1.165, 1.54) is 15.6 Å². The third-order valence-electron chi connectivity index (χ3n) is 4.25. The highest BCUT2D eigenvalue weighted by atomic mass is 16.2. The minimum atomic E-state index is -0.244. The lowest BCUT2D eigenvalue weighted by Crippen LogP contribution is -2.31. The molecular formula is C18H20N4O3. The molecule has 2 heterocycles. The van der Waals surface area contributed by atoms with E-state index in [4.69, 9.17) is 0 Å². The Kier molecular flexibility index (Phi) is 4.65. The van der Waals surface area contributed by atoms with Crippen LogP contribution in [0.3, 0.4) is 0 Å². The summed E-state index contributed by atoms with van der Waals surface area (Å²) in [6, 6.07) is 8.39. The molecule has 3 rings (SSSR count). The van der Waals surface area contributed by atoms with Crippen molar-refractivity contribution >= 4 is 17.5 Å². The second kappa shape index (κ2) is 6.88. The van der Waals surface area contributed by atoms with Crippen LogP contribution in [-0.2, 0) is 6.54 Å². The van der Waals surface area contributed by atoms with E-state index in [-0.39, 0.29) is 17.4 Å². The highest BCUT2D eigenvalue weighted by Crippen LogP contribution is 2.22. The molecule has 0 N–H and O–H groups in total. The number of carbonyl (C=O) groups excluding carboxylic acids is 2. The molecule has 0 fully saturated rings. The molecule has 1 aromatic carbocycles. The van der Waals surface area contributed by atoms with Crippen LogP contribution in [0.2, 0.25) is 0 Å². The van der Waals surface area contributed by atoms with E-state index in [2.05, 4.69) is 5.10 Å². The first-order chi connectivity index (χ1) is 12.0. The molecule has 1 aromatic heterocycles. The normalized spacial score (nSPS) is 13.3. The van der Waals surface area contributed by atoms with Crippen molar-refractivity contribution in [1.29, 1.82) is 0 Å². The minimum absolute atomic E-state index is 0.160. The van der Waals surface area contributed by atoms with E-state index in [9.17, 15) is 14.4 Å². The number of amides is 2. The van der Waals surface area contributed by atoms with Gasteiger partial charge in [-0.15, -0.1) is 0 Å². The highest BCUT2D eigenvalue weighted by Gasteiger charge is 2.34. The standard InChI is InChI=1S/C18H20N4O3/c1-20(2)13-11-16(23)22(19-12-13)10-6-5-9-21-17(24)14-7-3-4-8-15(14)18(21)25/h3-4,7-8,11-12H,5-6,9-10H2,1-2H3. The van der Waals surface area contributed by atoms with Crippen LogP contribution in [0.4, 0.5) is 5.69 Å². The van der Waals surface area contributed by atoms with Gasteiger partial charge in [0.2, 0.25) is 0 Å². The molecule has 0 bridgehead atoms. The molecule has 2 aromatic rings. The van der Waals surface area contributed by atoms with Crippen molar-refractivity contribution in [3.05, 3.63) is 58.0 Å². The molecule has 0 atom stereocenters. The number of unbranched alkanes of at least 4 members (excludes halogenated alkanes) is 1. The summed E-state index contributed by atoms with van der Waals surface area (Å²) in [7, 11) is 3.70. The number of fused-ring (bicyclic) bond motifs is 1. The van der Waals surface area contributed by atoms with E-state index in [1.807, 2.05) is 19.0 Å². The molecule has 130 valence electrons. The van der Waals surface area contributed by atoms with Gasteiger partial charge in [-0.25, -0.2) is 4.68 Å². The van der Waals surface area contributed by atoms with Gasteiger partial charge in [0.15, 0.2) is 0 Å². The van der Waals surface area contributed by atoms with Crippen LogP contribution in [0.15, 0.2) is 41.3 Å². The Hall–Kier alpha value is -2.96. The summed E-state index contributed by atoms with van der Waals surface area (Å²) in [6.45, 7) is 0.798. The Morgan fingerprint density at radius 2 is 1.56 bits per heavy atom. The Morgan fingerprint density at radius 3 is 2.12 bits per heavy atom. The summed E-state index contributed by atoms with van der Waals surface area (Å²) >= 11 is 0. The van der Waals surface area contributed by atoms with Gasteiger partial charge in [-0.3, -0.25) is 19.3 Å². The van der Waals surface area contributed by atoms with Crippen LogP contribution < -0.4 is 10.5 Å². The molecule has 0 unspecified atom stereocenters. The van der Waals surface area contributed by atoms with Gasteiger partial charge in [-0.2, -0.15) is 5.10 Å². The van der Waals surface area contributed by atoms with E-state index in [1.54, 1.807) is 30.5 Å². The predicted molar refractivity (Wildman–Crippen MR) is 93.9 cm³/mol. The number of hydrogen-bond acceptors (Lipinski definition) is 5. The Bertz CT molecular complexity index is 838. The maximum absolute atomic E-state index is 12.3. The number of rotatable bonds is 6. The average Bonchev–Trinajstić information content (AvgIpc) is 2.84. The number of anilines is 1. The topological polar surface area (TPSA) is 75.5 Å². The van der Waals surface area contributed by atoms with Gasteiger partial charge in [-0.1, -0.05) is 12.1 Å². The first kappa shape index (κ1) is 16.9. The molecule has 25 heavy (non-hydrogen) atoms. The molecule has 1 aliphatic rings. The number of hydrogen-bond donors (Lipinski definition) is 0. The van der Waals surface area contributed by atoms with Crippen molar-refractivity contribution in [2.24, 2.45) is 0 Å². The molecule has 7 nitrogen and oxygen atoms in total. The first-order valence-corrected chi connectivity index (χ1v) is 8.19. The molecule has 0 aliphatic carbocycles. The average molecular weight is 340 g/mol. The van der Waals surface area contributed by atoms with E-state index in [0.29, 0.717) is 37.1 Å². The number of nitrogens with zero attached hydrogens (tertiary/aromatic N) is 4. The van der Waals surface area contributed by atoms with Crippen molar-refractivity contribution in [1.82, 2.24) is 14.7 Å². The quantitative estimate of drug-likeness (QED) is 0.587. The fourth-order valence-electron chi connectivity index (χ4n) is 2.81. The fourth-order valence-corrected chi connectivity index (χ4v) is 2.81. The summed E-state index contributed by atoms with van der Waals surface area (Å²) in [5, 5.41) is 4.15. The number of aromatic nitrogens is 2. The highest BCUT2D eigenvalue weighted by molar-refractivity contribution is 6.21. The van der Waals surface area contributed by atoms with Gasteiger partial charge in [0.1, 0.15) is 0 Å². The molecule has 0 saturated carbocycles. The summed E-state index contributed by atoms with van der Waals surface area (Å²) < 4.78 is 1.40. The van der Waals surface area contributed by atoms with E-state index < -0.39 is 0 Å². The van der Waals surface area contributed by atoms with E-state index in [0.717, 1.165) is 5.69 Å². The maximum Gasteiger partial charge on any atom is 0.268 e. The van der Waals surface area contributed by atoms with Gasteiger partial charge in [0.05, 0.1) is 23.0 Å². The maximum atomic E-state index is 12.3. The fraction of sp³-hybridized carbons (Fsp3) is 0.333. The number of carbonyl (C=O) groups is 2. The lowest BCUT2D eigenvalue weighted by Gasteiger charge is -2.14. The van der Waals surface area contributed by atoms with Crippen molar-refractivity contribution in [2.45, 2.75) is 19.4 Å². The molecule has 0 saturated heterocycles. The number of imide groups is 1. The monoisotopic (exact) mass is 340 g/mol. The smallest absolute Gasteiger partial charge is 0.268 e. The third kappa shape index (κ3) is 3.31. The Labute approximate surface area is 145 Å². The van der Waals surface area contributed by atoms with Crippen molar-refractivity contribution in [3.8, 4) is 0 Å². The molecule has 0 spiro atoms. The van der Waals surface area contributed by atoms with Crippen molar-refractivity contribution in [3.63, 3.8) is 0 Å². The summed E-state index contributed by atoms with van der Waals surface area (Å²) in [5.41, 5.74) is 1.52. The molecule has 1 aliphatic heterocycles. The summed E-state index contributed by atoms with van der Waals surface area (Å²) in [5.74, 6) is -0.488. The number of benzene rings is 1.